The molecule has 0 saturated carbocycles. The molecule has 0 spiro atoms. The van der Waals surface area contributed by atoms with E-state index >= 15 is 0 Å². The zero-order chi connectivity index (χ0) is 8.08. The Balaban J connectivity index is -0.0000000910. The minimum Gasteiger partial charge on any atom is -0.850 e. The molecule has 0 aromatic heterocycles. The summed E-state index contributed by atoms with van der Waals surface area (Å²) in [4.78, 5) is 0. The van der Waals surface area contributed by atoms with Crippen LogP contribution in [0.25, 0.3) is 0 Å². The summed E-state index contributed by atoms with van der Waals surface area (Å²) in [5.74, 6) is 0. The van der Waals surface area contributed by atoms with Crippen molar-refractivity contribution < 1.29 is 61.6 Å². The Morgan fingerprint density at radius 1 is 1.20 bits per heavy atom. The molecule has 0 unspecified atom stereocenters. The maximum absolute atomic E-state index is 10.1. The largest absolute Gasteiger partial charge is 1.00 e. The second kappa shape index (κ2) is 8.65. The van der Waals surface area contributed by atoms with Crippen molar-refractivity contribution in [2.24, 2.45) is 0 Å². The van der Waals surface area contributed by atoms with Crippen molar-refractivity contribution in [1.29, 1.82) is 0 Å². The smallest absolute Gasteiger partial charge is 0.850 e. The maximum Gasteiger partial charge on any atom is 1.00 e. The summed E-state index contributed by atoms with van der Waals surface area (Å²) in [7, 11) is 0. The Kier molecular flexibility index (Phi) is 15.2. The average molecular weight is 172 g/mol. The molecular weight excluding hydrogens is 155 g/mol. The van der Waals surface area contributed by atoms with Crippen molar-refractivity contribution in [3.8, 4) is 0 Å². The minimum absolute atomic E-state index is 0. The molecule has 0 fully saturated rings. The van der Waals surface area contributed by atoms with Crippen molar-refractivity contribution in [1.82, 2.24) is 0 Å². The van der Waals surface area contributed by atoms with E-state index in [2.05, 4.69) is 0 Å². The van der Waals surface area contributed by atoms with E-state index in [0.717, 1.165) is 0 Å². The van der Waals surface area contributed by atoms with E-state index in [1.807, 2.05) is 0 Å². The van der Waals surface area contributed by atoms with Gasteiger partial charge in [0.15, 0.2) is 0 Å². The van der Waals surface area contributed by atoms with E-state index in [4.69, 9.17) is 5.11 Å². The van der Waals surface area contributed by atoms with Crippen molar-refractivity contribution in [2.75, 3.05) is 0 Å². The van der Waals surface area contributed by atoms with Gasteiger partial charge in [0.05, 0.1) is 0 Å². The third-order valence-corrected chi connectivity index (χ3v) is 0. The molecule has 0 aromatic rings. The SMILES string of the molecule is CC(C)(C)[O-].CC(C)O.[K+]. The van der Waals surface area contributed by atoms with Gasteiger partial charge in [-0.2, -0.15) is 0 Å². The Labute approximate surface area is 106 Å². The molecule has 0 bridgehead atoms. The molecule has 0 rings (SSSR count). The zero-order valence-electron chi connectivity index (χ0n) is 7.93. The van der Waals surface area contributed by atoms with E-state index in [0.29, 0.717) is 0 Å². The van der Waals surface area contributed by atoms with Crippen LogP contribution in [0.3, 0.4) is 0 Å². The number of rotatable bonds is 0. The molecule has 10 heavy (non-hydrogen) atoms. The summed E-state index contributed by atoms with van der Waals surface area (Å²) in [6, 6.07) is 0. The fraction of sp³-hybridized carbons (Fsp3) is 1.00. The summed E-state index contributed by atoms with van der Waals surface area (Å²) in [5, 5.41) is 18.2. The van der Waals surface area contributed by atoms with E-state index in [-0.39, 0.29) is 57.5 Å². The van der Waals surface area contributed by atoms with Gasteiger partial charge in [-0.1, -0.05) is 20.8 Å². The third kappa shape index (κ3) is 289. The predicted molar refractivity (Wildman–Crippen MR) is 37.1 cm³/mol. The number of hydrogen-bond donors (Lipinski definition) is 1. The zero-order valence-corrected chi connectivity index (χ0v) is 11.1. The molecule has 0 aliphatic heterocycles. The Bertz CT molecular complexity index is 48.4. The second-order valence-corrected chi connectivity index (χ2v) is 3.21. The monoisotopic (exact) mass is 172 g/mol. The summed E-state index contributed by atoms with van der Waals surface area (Å²) >= 11 is 0. The molecule has 58 valence electrons. The van der Waals surface area contributed by atoms with Crippen LogP contribution in [0.1, 0.15) is 34.6 Å². The second-order valence-electron chi connectivity index (χ2n) is 3.21. The van der Waals surface area contributed by atoms with Crippen LogP contribution in [-0.4, -0.2) is 16.8 Å². The van der Waals surface area contributed by atoms with Gasteiger partial charge in [-0.25, -0.2) is 0 Å². The summed E-state index contributed by atoms with van der Waals surface area (Å²) in [6.07, 6.45) is -0.167. The van der Waals surface area contributed by atoms with Crippen molar-refractivity contribution in [2.45, 2.75) is 46.3 Å². The van der Waals surface area contributed by atoms with Crippen LogP contribution in [-0.2, 0) is 0 Å². The van der Waals surface area contributed by atoms with Crippen molar-refractivity contribution >= 4 is 0 Å². The molecular formula is C7H17KO2. The maximum atomic E-state index is 10.1. The average Bonchev–Trinajstić information content (AvgIpc) is 1.19. The molecule has 0 aromatic carbocycles. The van der Waals surface area contributed by atoms with Crippen LogP contribution in [0.15, 0.2) is 0 Å². The molecule has 0 heterocycles. The quantitative estimate of drug-likeness (QED) is 0.412. The number of aliphatic hydroxyl groups is 1. The number of hydrogen-bond acceptors (Lipinski definition) is 2. The topological polar surface area (TPSA) is 43.3 Å². The molecule has 0 saturated heterocycles. The fourth-order valence-electron chi connectivity index (χ4n) is 0. The molecule has 1 N–H and O–H groups in total. The number of aliphatic hydroxyl groups excluding tert-OH is 1. The van der Waals surface area contributed by atoms with Gasteiger partial charge in [-0.15, -0.1) is 5.60 Å². The van der Waals surface area contributed by atoms with Crippen LogP contribution in [0.4, 0.5) is 0 Å². The van der Waals surface area contributed by atoms with Gasteiger partial charge in [0, 0.05) is 6.10 Å². The fourth-order valence-corrected chi connectivity index (χ4v) is 0. The van der Waals surface area contributed by atoms with E-state index in [1.54, 1.807) is 34.6 Å². The van der Waals surface area contributed by atoms with Gasteiger partial charge in [0.25, 0.3) is 0 Å². The predicted octanol–water partition coefficient (Wildman–Crippen LogP) is -2.46. The Morgan fingerprint density at radius 2 is 1.20 bits per heavy atom. The first-order chi connectivity index (χ1) is 3.73. The summed E-state index contributed by atoms with van der Waals surface area (Å²) in [5.41, 5.74) is -0.750. The van der Waals surface area contributed by atoms with Gasteiger partial charge in [0.1, 0.15) is 0 Å². The van der Waals surface area contributed by atoms with Crippen LogP contribution in [0.5, 0.6) is 0 Å². The van der Waals surface area contributed by atoms with Gasteiger partial charge in [-0.05, 0) is 13.8 Å². The Morgan fingerprint density at radius 3 is 1.20 bits per heavy atom. The van der Waals surface area contributed by atoms with Crippen molar-refractivity contribution in [3.05, 3.63) is 0 Å². The molecule has 2 nitrogen and oxygen atoms in total. The first kappa shape index (κ1) is 17.6. The van der Waals surface area contributed by atoms with Gasteiger partial charge in [-0.3, -0.25) is 0 Å². The molecule has 0 aliphatic rings. The Hall–Kier alpha value is 1.56. The minimum atomic E-state index is -0.750. The summed E-state index contributed by atoms with van der Waals surface area (Å²) in [6.45, 7) is 8.34. The normalized spacial score (nSPS) is 9.60. The van der Waals surface area contributed by atoms with Crippen LogP contribution < -0.4 is 56.5 Å². The van der Waals surface area contributed by atoms with Crippen LogP contribution >= 0.6 is 0 Å². The van der Waals surface area contributed by atoms with E-state index in [9.17, 15) is 5.11 Å². The standard InChI is InChI=1S/C4H9O.C3H8O.K/c1-4(2,3)5;1-3(2)4;/h1-3H3;3-4H,1-2H3;/q-1;;+1. The summed E-state index contributed by atoms with van der Waals surface area (Å²) < 4.78 is 0. The van der Waals surface area contributed by atoms with E-state index < -0.39 is 5.60 Å². The van der Waals surface area contributed by atoms with Crippen LogP contribution in [0, 0.1) is 0 Å². The molecule has 0 amide bonds. The van der Waals surface area contributed by atoms with Crippen LogP contribution in [0.2, 0.25) is 0 Å². The first-order valence-corrected chi connectivity index (χ1v) is 3.12. The van der Waals surface area contributed by atoms with Gasteiger partial charge >= 0.3 is 51.4 Å². The van der Waals surface area contributed by atoms with Crippen molar-refractivity contribution in [3.63, 3.8) is 0 Å². The molecule has 0 aliphatic carbocycles. The van der Waals surface area contributed by atoms with Gasteiger partial charge in [0.2, 0.25) is 0 Å². The molecule has 3 heteroatoms. The first-order valence-electron chi connectivity index (χ1n) is 3.12. The third-order valence-electron chi connectivity index (χ3n) is 0. The van der Waals surface area contributed by atoms with Gasteiger partial charge < -0.3 is 10.2 Å². The van der Waals surface area contributed by atoms with E-state index in [1.165, 1.54) is 0 Å². The molecule has 0 radical (unpaired) electrons. The molecule has 0 atom stereocenters.